The highest BCUT2D eigenvalue weighted by Gasteiger charge is 2.10. The highest BCUT2D eigenvalue weighted by molar-refractivity contribution is 5.95. The molecule has 0 aliphatic heterocycles. The first-order valence-corrected chi connectivity index (χ1v) is 3.97. The molecule has 2 rings (SSSR count). The van der Waals surface area contributed by atoms with E-state index in [-0.39, 0.29) is 5.56 Å². The van der Waals surface area contributed by atoms with Crippen LogP contribution in [0.1, 0.15) is 10.4 Å². The average Bonchev–Trinajstić information content (AvgIpc) is 2.59. The first-order valence-electron chi connectivity index (χ1n) is 3.97. The lowest BCUT2D eigenvalue weighted by molar-refractivity contribution is 0.0699. The molecule has 0 saturated heterocycles. The smallest absolute Gasteiger partial charge is 0.339 e. The van der Waals surface area contributed by atoms with Crippen LogP contribution in [0.15, 0.2) is 24.5 Å². The van der Waals surface area contributed by atoms with Crippen molar-refractivity contribution in [3.63, 3.8) is 0 Å². The molecule has 0 amide bonds. The van der Waals surface area contributed by atoms with Crippen LogP contribution >= 0.6 is 0 Å². The van der Waals surface area contributed by atoms with Gasteiger partial charge in [0.05, 0.1) is 25.0 Å². The summed E-state index contributed by atoms with van der Waals surface area (Å²) < 4.78 is 6.46. The normalized spacial score (nSPS) is 10.4. The maximum Gasteiger partial charge on any atom is 0.339 e. The van der Waals surface area contributed by atoms with Gasteiger partial charge in [0.25, 0.3) is 0 Å². The second kappa shape index (κ2) is 3.02. The third kappa shape index (κ3) is 1.19. The molecule has 5 heteroatoms. The molecule has 2 aromatic rings. The van der Waals surface area contributed by atoms with Crippen LogP contribution in [0.5, 0.6) is 5.75 Å². The van der Waals surface area contributed by atoms with Crippen LogP contribution in [-0.2, 0) is 0 Å². The number of hydrogen-bond acceptors (Lipinski definition) is 3. The number of ether oxygens (including phenoxy) is 1. The molecule has 72 valence electrons. The molecular formula is C9H8N2O3. The number of methoxy groups -OCH3 is 1. The van der Waals surface area contributed by atoms with Crippen molar-refractivity contribution in [1.82, 2.24) is 9.61 Å². The van der Waals surface area contributed by atoms with Gasteiger partial charge in [0.15, 0.2) is 0 Å². The molecule has 0 unspecified atom stereocenters. The standard InChI is InChI=1S/C9H8N2O3/c1-14-6-2-3-8-7(9(12)13)4-10-11(8)5-6/h2-5H,1H3,(H,12,13). The van der Waals surface area contributed by atoms with Crippen molar-refractivity contribution in [1.29, 1.82) is 0 Å². The van der Waals surface area contributed by atoms with E-state index in [2.05, 4.69) is 5.10 Å². The average molecular weight is 192 g/mol. The maximum atomic E-state index is 10.7. The predicted molar refractivity (Wildman–Crippen MR) is 48.7 cm³/mol. The van der Waals surface area contributed by atoms with Crippen LogP contribution in [0, 0.1) is 0 Å². The van der Waals surface area contributed by atoms with Crippen LogP contribution in [0.3, 0.4) is 0 Å². The van der Waals surface area contributed by atoms with Crippen molar-refractivity contribution in [3.8, 4) is 5.75 Å². The molecular weight excluding hydrogens is 184 g/mol. The van der Waals surface area contributed by atoms with E-state index in [9.17, 15) is 4.79 Å². The molecule has 2 heterocycles. The van der Waals surface area contributed by atoms with E-state index in [4.69, 9.17) is 9.84 Å². The van der Waals surface area contributed by atoms with Crippen molar-refractivity contribution in [2.45, 2.75) is 0 Å². The lowest BCUT2D eigenvalue weighted by Gasteiger charge is -1.99. The minimum Gasteiger partial charge on any atom is -0.495 e. The number of fused-ring (bicyclic) bond motifs is 1. The molecule has 14 heavy (non-hydrogen) atoms. The third-order valence-electron chi connectivity index (χ3n) is 1.96. The van der Waals surface area contributed by atoms with Crippen molar-refractivity contribution in [3.05, 3.63) is 30.1 Å². The van der Waals surface area contributed by atoms with E-state index in [1.165, 1.54) is 10.7 Å². The Hall–Kier alpha value is -2.04. The first kappa shape index (κ1) is 8.55. The van der Waals surface area contributed by atoms with Gasteiger partial charge >= 0.3 is 5.97 Å². The summed E-state index contributed by atoms with van der Waals surface area (Å²) in [6.45, 7) is 0. The summed E-state index contributed by atoms with van der Waals surface area (Å²) in [7, 11) is 1.54. The second-order valence-corrected chi connectivity index (χ2v) is 2.76. The molecule has 0 aliphatic rings. The minimum absolute atomic E-state index is 0.188. The molecule has 0 spiro atoms. The highest BCUT2D eigenvalue weighted by atomic mass is 16.5. The van der Waals surface area contributed by atoms with E-state index in [1.807, 2.05) is 0 Å². The molecule has 0 aliphatic carbocycles. The Balaban J connectivity index is 2.65. The van der Waals surface area contributed by atoms with E-state index < -0.39 is 5.97 Å². The van der Waals surface area contributed by atoms with E-state index in [0.717, 1.165) is 0 Å². The van der Waals surface area contributed by atoms with Crippen LogP contribution in [0.25, 0.3) is 5.52 Å². The SMILES string of the molecule is COc1ccc2c(C(=O)O)cnn2c1. The number of rotatable bonds is 2. The molecule has 0 fully saturated rings. The van der Waals surface area contributed by atoms with E-state index in [0.29, 0.717) is 11.3 Å². The minimum atomic E-state index is -0.981. The van der Waals surface area contributed by atoms with Gasteiger partial charge in [-0.25, -0.2) is 9.31 Å². The fraction of sp³-hybridized carbons (Fsp3) is 0.111. The number of pyridine rings is 1. The summed E-state index contributed by atoms with van der Waals surface area (Å²) >= 11 is 0. The van der Waals surface area contributed by atoms with Crippen molar-refractivity contribution < 1.29 is 14.6 Å². The van der Waals surface area contributed by atoms with E-state index >= 15 is 0 Å². The van der Waals surface area contributed by atoms with Gasteiger partial charge in [-0.15, -0.1) is 0 Å². The van der Waals surface area contributed by atoms with Gasteiger partial charge in [-0.05, 0) is 12.1 Å². The molecule has 2 aromatic heterocycles. The molecule has 1 N–H and O–H groups in total. The van der Waals surface area contributed by atoms with Gasteiger partial charge in [-0.3, -0.25) is 0 Å². The van der Waals surface area contributed by atoms with Crippen LogP contribution in [-0.4, -0.2) is 27.8 Å². The molecule has 5 nitrogen and oxygen atoms in total. The van der Waals surface area contributed by atoms with Crippen molar-refractivity contribution >= 4 is 11.5 Å². The maximum absolute atomic E-state index is 10.7. The summed E-state index contributed by atoms with van der Waals surface area (Å²) in [5, 5.41) is 12.7. The number of carboxylic acid groups (broad SMARTS) is 1. The number of carboxylic acids is 1. The Bertz CT molecular complexity index is 490. The number of aromatic carboxylic acids is 1. The summed E-state index contributed by atoms with van der Waals surface area (Å²) in [5.74, 6) is -0.345. The van der Waals surface area contributed by atoms with Gasteiger partial charge < -0.3 is 9.84 Å². The lowest BCUT2D eigenvalue weighted by atomic mass is 10.2. The van der Waals surface area contributed by atoms with Gasteiger partial charge in [-0.1, -0.05) is 0 Å². The zero-order chi connectivity index (χ0) is 10.1. The summed E-state index contributed by atoms with van der Waals surface area (Å²) in [4.78, 5) is 10.7. The second-order valence-electron chi connectivity index (χ2n) is 2.76. The number of hydrogen-bond donors (Lipinski definition) is 1. The Morgan fingerprint density at radius 1 is 1.57 bits per heavy atom. The van der Waals surface area contributed by atoms with Gasteiger partial charge in [0.2, 0.25) is 0 Å². The highest BCUT2D eigenvalue weighted by Crippen LogP contribution is 2.15. The Labute approximate surface area is 79.5 Å². The number of nitrogens with zero attached hydrogens (tertiary/aromatic N) is 2. The Morgan fingerprint density at radius 2 is 2.36 bits per heavy atom. The number of aromatic nitrogens is 2. The van der Waals surface area contributed by atoms with Crippen LogP contribution < -0.4 is 4.74 Å². The monoisotopic (exact) mass is 192 g/mol. The van der Waals surface area contributed by atoms with Crippen molar-refractivity contribution in [2.75, 3.05) is 7.11 Å². The summed E-state index contributed by atoms with van der Waals surface area (Å²) in [5.41, 5.74) is 0.742. The van der Waals surface area contributed by atoms with Gasteiger partial charge in [0, 0.05) is 0 Å². The molecule has 0 saturated carbocycles. The van der Waals surface area contributed by atoms with E-state index in [1.54, 1.807) is 25.4 Å². The van der Waals surface area contributed by atoms with Crippen LogP contribution in [0.2, 0.25) is 0 Å². The molecule has 0 atom stereocenters. The predicted octanol–water partition coefficient (Wildman–Crippen LogP) is 1.04. The molecule has 0 bridgehead atoms. The lowest BCUT2D eigenvalue weighted by Crippen LogP contribution is -1.95. The zero-order valence-electron chi connectivity index (χ0n) is 7.47. The summed E-state index contributed by atoms with van der Waals surface area (Å²) in [6, 6.07) is 3.36. The topological polar surface area (TPSA) is 63.8 Å². The van der Waals surface area contributed by atoms with Crippen molar-refractivity contribution in [2.24, 2.45) is 0 Å². The zero-order valence-corrected chi connectivity index (χ0v) is 7.47. The summed E-state index contributed by atoms with van der Waals surface area (Å²) in [6.07, 6.45) is 2.94. The first-order chi connectivity index (χ1) is 6.72. The fourth-order valence-electron chi connectivity index (χ4n) is 1.25. The molecule has 0 aromatic carbocycles. The molecule has 0 radical (unpaired) electrons. The Morgan fingerprint density at radius 3 is 3.00 bits per heavy atom. The van der Waals surface area contributed by atoms with Gasteiger partial charge in [-0.2, -0.15) is 5.10 Å². The number of carbonyl (C=O) groups is 1. The quantitative estimate of drug-likeness (QED) is 0.772. The fourth-order valence-corrected chi connectivity index (χ4v) is 1.25. The third-order valence-corrected chi connectivity index (χ3v) is 1.96. The Kier molecular flexibility index (Phi) is 1.85. The van der Waals surface area contributed by atoms with Crippen LogP contribution in [0.4, 0.5) is 0 Å². The van der Waals surface area contributed by atoms with Gasteiger partial charge in [0.1, 0.15) is 11.3 Å². The largest absolute Gasteiger partial charge is 0.495 e.